The first-order chi connectivity index (χ1) is 15.0. The minimum Gasteiger partial charge on any atom is -0.481 e. The van der Waals surface area contributed by atoms with E-state index in [0.29, 0.717) is 23.2 Å². The first-order valence-electron chi connectivity index (χ1n) is 13.4. The van der Waals surface area contributed by atoms with E-state index in [9.17, 15) is 15.0 Å². The van der Waals surface area contributed by atoms with Crippen molar-refractivity contribution in [1.29, 1.82) is 0 Å². The lowest BCUT2D eigenvalue weighted by molar-refractivity contribution is -0.139. The van der Waals surface area contributed by atoms with Crippen LogP contribution >= 0.6 is 0 Å². The van der Waals surface area contributed by atoms with E-state index < -0.39 is 11.6 Å². The summed E-state index contributed by atoms with van der Waals surface area (Å²) in [6, 6.07) is 0. The molecule has 3 heteroatoms. The molecule has 6 atom stereocenters. The Morgan fingerprint density at radius 2 is 1.61 bits per heavy atom. The van der Waals surface area contributed by atoms with Gasteiger partial charge in [0.05, 0.1) is 5.60 Å². The molecular weight excluding hydrogens is 408 g/mol. The second-order valence-electron chi connectivity index (χ2n) is 14.5. The Labute approximate surface area is 202 Å². The number of carbonyl (C=O) groups is 1. The van der Waals surface area contributed by atoms with Gasteiger partial charge >= 0.3 is 5.97 Å². The van der Waals surface area contributed by atoms with Crippen LogP contribution in [-0.2, 0) is 4.79 Å². The Hall–Kier alpha value is -1.09. The van der Waals surface area contributed by atoms with Gasteiger partial charge in [-0.3, -0.25) is 4.79 Å². The van der Waals surface area contributed by atoms with Crippen LogP contribution in [0.15, 0.2) is 23.3 Å². The van der Waals surface area contributed by atoms with Crippen LogP contribution < -0.4 is 0 Å². The van der Waals surface area contributed by atoms with Gasteiger partial charge in [0, 0.05) is 6.42 Å². The molecule has 0 spiro atoms. The summed E-state index contributed by atoms with van der Waals surface area (Å²) in [5.41, 5.74) is 2.82. The number of allylic oxidation sites excluding steroid dienone is 4. The molecule has 0 aromatic carbocycles. The van der Waals surface area contributed by atoms with Gasteiger partial charge in [0.15, 0.2) is 0 Å². The predicted molar refractivity (Wildman–Crippen MR) is 135 cm³/mol. The third-order valence-corrected chi connectivity index (χ3v) is 11.4. The summed E-state index contributed by atoms with van der Waals surface area (Å²) in [4.78, 5) is 11.6. The fraction of sp³-hybridized carbons (Fsp3) is 0.833. The van der Waals surface area contributed by atoms with Gasteiger partial charge in [-0.2, -0.15) is 0 Å². The fourth-order valence-corrected chi connectivity index (χ4v) is 9.08. The van der Waals surface area contributed by atoms with E-state index in [0.717, 1.165) is 12.8 Å². The maximum Gasteiger partial charge on any atom is 0.303 e. The van der Waals surface area contributed by atoms with Gasteiger partial charge in [0.1, 0.15) is 0 Å². The molecule has 4 aliphatic rings. The molecular formula is C30H48O3. The van der Waals surface area contributed by atoms with Crippen molar-refractivity contribution in [1.82, 2.24) is 0 Å². The summed E-state index contributed by atoms with van der Waals surface area (Å²) in [6.07, 6.45) is 14.0. The number of carboxylic acid groups (broad SMARTS) is 1. The Kier molecular flexibility index (Phi) is 5.65. The van der Waals surface area contributed by atoms with Crippen molar-refractivity contribution >= 4 is 5.97 Å². The minimum absolute atomic E-state index is 0.00894. The normalized spacial score (nSPS) is 44.6. The van der Waals surface area contributed by atoms with Crippen LogP contribution in [0.1, 0.15) is 113 Å². The Morgan fingerprint density at radius 3 is 2.21 bits per heavy atom. The number of rotatable bonds is 4. The fourth-order valence-electron chi connectivity index (χ4n) is 9.08. The molecule has 0 heterocycles. The molecule has 0 amide bonds. The van der Waals surface area contributed by atoms with E-state index in [1.807, 2.05) is 13.8 Å². The SMILES string of the molecule is CC1(C)CC[C@]2(C)CC[C@]3(C)C(=CC=C4[C@@](C)(CCC(=O)O)[C@H](C(C)(C)O)CC[C@]43C)[C@@H]2C1. The second-order valence-corrected chi connectivity index (χ2v) is 14.5. The molecule has 0 radical (unpaired) electrons. The monoisotopic (exact) mass is 456 g/mol. The number of hydrogen-bond acceptors (Lipinski definition) is 2. The molecule has 0 saturated heterocycles. The van der Waals surface area contributed by atoms with Crippen LogP contribution in [0.2, 0.25) is 0 Å². The number of aliphatic carboxylic acids is 1. The average molecular weight is 457 g/mol. The standard InChI is InChI=1S/C30H48O3/c1-25(2)15-16-27(5)17-18-29(7)20(21(27)19-25)9-10-23-28(6,13-12-24(31)32)22(26(3,4)33)11-14-30(23,29)8/h9-10,21-22,33H,11-19H2,1-8H3,(H,31,32)/t21-,22-,27+,28-,29+,30+/m0/s1. The van der Waals surface area contributed by atoms with Gasteiger partial charge in [-0.05, 0) is 104 Å². The Morgan fingerprint density at radius 1 is 0.970 bits per heavy atom. The highest BCUT2D eigenvalue weighted by atomic mass is 16.4. The molecule has 3 saturated carbocycles. The Bertz CT molecular complexity index is 889. The molecule has 0 aliphatic heterocycles. The van der Waals surface area contributed by atoms with Crippen molar-refractivity contribution < 1.29 is 15.0 Å². The zero-order valence-electron chi connectivity index (χ0n) is 22.5. The smallest absolute Gasteiger partial charge is 0.303 e. The van der Waals surface area contributed by atoms with Crippen LogP contribution in [0, 0.1) is 38.9 Å². The average Bonchev–Trinajstić information content (AvgIpc) is 2.67. The largest absolute Gasteiger partial charge is 0.481 e. The van der Waals surface area contributed by atoms with Gasteiger partial charge in [0.2, 0.25) is 0 Å². The summed E-state index contributed by atoms with van der Waals surface area (Å²) in [6.45, 7) is 18.5. The van der Waals surface area contributed by atoms with Crippen LogP contribution in [0.3, 0.4) is 0 Å². The summed E-state index contributed by atoms with van der Waals surface area (Å²) in [7, 11) is 0. The Balaban J connectivity index is 1.85. The van der Waals surface area contributed by atoms with Crippen LogP contribution in [0.4, 0.5) is 0 Å². The number of aliphatic hydroxyl groups is 1. The van der Waals surface area contributed by atoms with E-state index in [1.54, 1.807) is 5.57 Å². The highest BCUT2D eigenvalue weighted by Gasteiger charge is 2.64. The zero-order valence-corrected chi connectivity index (χ0v) is 22.5. The highest BCUT2D eigenvalue weighted by molar-refractivity contribution is 5.67. The first-order valence-corrected chi connectivity index (χ1v) is 13.4. The lowest BCUT2D eigenvalue weighted by atomic mass is 9.37. The van der Waals surface area contributed by atoms with Gasteiger partial charge < -0.3 is 10.2 Å². The summed E-state index contributed by atoms with van der Waals surface area (Å²) < 4.78 is 0. The van der Waals surface area contributed by atoms with Crippen molar-refractivity contribution in [2.75, 3.05) is 0 Å². The van der Waals surface area contributed by atoms with E-state index in [1.165, 1.54) is 37.7 Å². The third kappa shape index (κ3) is 3.67. The molecule has 3 fully saturated rings. The van der Waals surface area contributed by atoms with Gasteiger partial charge in [0.25, 0.3) is 0 Å². The molecule has 33 heavy (non-hydrogen) atoms. The van der Waals surface area contributed by atoms with Crippen LogP contribution in [0.25, 0.3) is 0 Å². The molecule has 2 N–H and O–H groups in total. The minimum atomic E-state index is -0.834. The second kappa shape index (κ2) is 7.45. The van der Waals surface area contributed by atoms with Crippen LogP contribution in [0.5, 0.6) is 0 Å². The molecule has 0 aromatic heterocycles. The van der Waals surface area contributed by atoms with E-state index in [4.69, 9.17) is 0 Å². The van der Waals surface area contributed by atoms with Gasteiger partial charge in [-0.25, -0.2) is 0 Å². The van der Waals surface area contributed by atoms with Crippen molar-refractivity contribution in [3.8, 4) is 0 Å². The lowest BCUT2D eigenvalue weighted by Crippen LogP contribution is -2.59. The summed E-state index contributed by atoms with van der Waals surface area (Å²) >= 11 is 0. The highest BCUT2D eigenvalue weighted by Crippen LogP contribution is 2.73. The molecule has 0 unspecified atom stereocenters. The quantitative estimate of drug-likeness (QED) is 0.459. The van der Waals surface area contributed by atoms with Crippen molar-refractivity contribution in [2.24, 2.45) is 38.9 Å². The number of fused-ring (bicyclic) bond motifs is 5. The molecule has 186 valence electrons. The molecule has 0 aromatic rings. The summed E-state index contributed by atoms with van der Waals surface area (Å²) in [5.74, 6) is -0.0497. The zero-order chi connectivity index (χ0) is 24.7. The van der Waals surface area contributed by atoms with E-state index in [-0.39, 0.29) is 28.6 Å². The van der Waals surface area contributed by atoms with Crippen molar-refractivity contribution in [3.63, 3.8) is 0 Å². The topological polar surface area (TPSA) is 57.5 Å². The predicted octanol–water partition coefficient (Wildman–Crippen LogP) is 7.54. The van der Waals surface area contributed by atoms with Gasteiger partial charge in [-0.15, -0.1) is 0 Å². The maximum atomic E-state index is 11.6. The van der Waals surface area contributed by atoms with E-state index >= 15 is 0 Å². The van der Waals surface area contributed by atoms with Crippen molar-refractivity contribution in [2.45, 2.75) is 119 Å². The van der Waals surface area contributed by atoms with E-state index in [2.05, 4.69) is 53.7 Å². The summed E-state index contributed by atoms with van der Waals surface area (Å²) in [5, 5.41) is 20.7. The lowest BCUT2D eigenvalue weighted by Gasteiger charge is -2.67. The number of hydrogen-bond donors (Lipinski definition) is 2. The molecule has 4 aliphatic carbocycles. The van der Waals surface area contributed by atoms with Gasteiger partial charge in [-0.1, -0.05) is 64.8 Å². The molecule has 4 rings (SSSR count). The molecule has 3 nitrogen and oxygen atoms in total. The number of carboxylic acids is 1. The van der Waals surface area contributed by atoms with Crippen molar-refractivity contribution in [3.05, 3.63) is 23.3 Å². The first kappa shape index (κ1) is 25.0. The maximum absolute atomic E-state index is 11.6. The molecule has 0 bridgehead atoms. The van der Waals surface area contributed by atoms with Crippen LogP contribution in [-0.4, -0.2) is 21.8 Å². The third-order valence-electron chi connectivity index (χ3n) is 11.4.